The largest absolute Gasteiger partial charge is 0.493 e. The number of aliphatic hydroxyl groups excluding tert-OH is 1. The lowest BCUT2D eigenvalue weighted by atomic mass is 10.1. The summed E-state index contributed by atoms with van der Waals surface area (Å²) >= 11 is 0. The Kier molecular flexibility index (Phi) is 9.19. The minimum absolute atomic E-state index is 0.0521. The molecule has 0 saturated carbocycles. The van der Waals surface area contributed by atoms with Gasteiger partial charge in [-0.1, -0.05) is 19.9 Å². The Hall–Kier alpha value is -3.02. The van der Waals surface area contributed by atoms with E-state index in [4.69, 9.17) is 14.2 Å². The first kappa shape index (κ1) is 23.3. The number of anilines is 1. The molecule has 0 saturated heterocycles. The number of aliphatic hydroxyl groups is 1. The van der Waals surface area contributed by atoms with Gasteiger partial charge >= 0.3 is 0 Å². The number of nitrogens with zero attached hydrogens (tertiary/aromatic N) is 2. The molecule has 0 bridgehead atoms. The van der Waals surface area contributed by atoms with Crippen LogP contribution >= 0.6 is 0 Å². The van der Waals surface area contributed by atoms with Crippen LogP contribution in [0.5, 0.6) is 17.4 Å². The van der Waals surface area contributed by atoms with Crippen molar-refractivity contribution < 1.29 is 19.3 Å². The molecule has 8 nitrogen and oxygen atoms in total. The molecule has 1 heterocycles. The first-order valence-corrected chi connectivity index (χ1v) is 9.86. The number of nitrogens with one attached hydrogen (secondary N) is 2. The molecule has 1 atom stereocenters. The van der Waals surface area contributed by atoms with Crippen LogP contribution in [0.15, 0.2) is 30.5 Å². The van der Waals surface area contributed by atoms with Gasteiger partial charge in [-0.15, -0.1) is 0 Å². The number of methoxy groups -OCH3 is 2. The third kappa shape index (κ3) is 6.79. The number of pyridine rings is 1. The molecular formula is C22H30N4O4. The van der Waals surface area contributed by atoms with Crippen LogP contribution in [-0.2, 0) is 6.42 Å². The molecule has 30 heavy (non-hydrogen) atoms. The summed E-state index contributed by atoms with van der Waals surface area (Å²) in [5.74, 6) is 1.57. The Labute approximate surface area is 177 Å². The minimum atomic E-state index is -0.692. The van der Waals surface area contributed by atoms with E-state index >= 15 is 0 Å². The third-order valence-corrected chi connectivity index (χ3v) is 4.38. The summed E-state index contributed by atoms with van der Waals surface area (Å²) in [4.78, 5) is 4.14. The number of benzene rings is 1. The van der Waals surface area contributed by atoms with Gasteiger partial charge in [0.25, 0.3) is 0 Å². The Morgan fingerprint density at radius 2 is 1.93 bits per heavy atom. The molecule has 2 rings (SSSR count). The summed E-state index contributed by atoms with van der Waals surface area (Å²) in [6, 6.07) is 9.91. The van der Waals surface area contributed by atoms with E-state index in [1.54, 1.807) is 26.5 Å². The second kappa shape index (κ2) is 11.9. The van der Waals surface area contributed by atoms with Crippen molar-refractivity contribution in [1.29, 1.82) is 5.26 Å². The van der Waals surface area contributed by atoms with Crippen LogP contribution < -0.4 is 24.8 Å². The highest BCUT2D eigenvalue weighted by atomic mass is 16.5. The Balaban J connectivity index is 1.96. The Morgan fingerprint density at radius 3 is 2.60 bits per heavy atom. The normalized spacial score (nSPS) is 11.6. The van der Waals surface area contributed by atoms with Crippen LogP contribution in [0.2, 0.25) is 0 Å². The first-order chi connectivity index (χ1) is 14.5. The molecule has 0 spiro atoms. The Bertz CT molecular complexity index is 852. The van der Waals surface area contributed by atoms with E-state index in [0.717, 1.165) is 12.0 Å². The van der Waals surface area contributed by atoms with E-state index in [1.807, 2.05) is 32.0 Å². The van der Waals surface area contributed by atoms with Gasteiger partial charge in [0.05, 0.1) is 19.9 Å². The van der Waals surface area contributed by atoms with Gasteiger partial charge < -0.3 is 30.0 Å². The van der Waals surface area contributed by atoms with Gasteiger partial charge in [0, 0.05) is 25.3 Å². The Morgan fingerprint density at radius 1 is 1.17 bits per heavy atom. The molecule has 0 fully saturated rings. The molecule has 0 aliphatic rings. The van der Waals surface area contributed by atoms with E-state index in [1.165, 1.54) is 0 Å². The highest BCUT2D eigenvalue weighted by molar-refractivity contribution is 5.61. The van der Waals surface area contributed by atoms with Crippen molar-refractivity contribution in [3.8, 4) is 23.4 Å². The summed E-state index contributed by atoms with van der Waals surface area (Å²) in [6.45, 7) is 5.06. The highest BCUT2D eigenvalue weighted by Gasteiger charge is 2.13. The molecule has 1 unspecified atom stereocenters. The second-order valence-electron chi connectivity index (χ2n) is 7.04. The zero-order chi connectivity index (χ0) is 21.9. The zero-order valence-corrected chi connectivity index (χ0v) is 17.9. The van der Waals surface area contributed by atoms with Crippen LogP contribution in [0.1, 0.15) is 25.0 Å². The molecule has 8 heteroatoms. The maximum Gasteiger partial charge on any atom is 0.233 e. The predicted octanol–water partition coefficient (Wildman–Crippen LogP) is 2.36. The van der Waals surface area contributed by atoms with Crippen molar-refractivity contribution in [2.45, 2.75) is 32.4 Å². The van der Waals surface area contributed by atoms with E-state index in [9.17, 15) is 10.4 Å². The zero-order valence-electron chi connectivity index (χ0n) is 17.9. The van der Waals surface area contributed by atoms with Crippen molar-refractivity contribution >= 4 is 5.69 Å². The lowest BCUT2D eigenvalue weighted by Crippen LogP contribution is -2.35. The van der Waals surface area contributed by atoms with Gasteiger partial charge in [0.2, 0.25) is 5.88 Å². The average Bonchev–Trinajstić information content (AvgIpc) is 2.76. The standard InChI is InChI=1S/C22H30N4O4/c1-15(2)26-13-17(27)14-30-22-18(12-23)19(8-10-25-22)24-9-7-16-5-6-20(28-3)21(11-16)29-4/h5-6,8,10-11,15,17,26-27H,7,9,13-14H2,1-4H3,(H,24,25). The quantitative estimate of drug-likeness (QED) is 0.486. The minimum Gasteiger partial charge on any atom is -0.493 e. The first-order valence-electron chi connectivity index (χ1n) is 9.86. The van der Waals surface area contributed by atoms with Gasteiger partial charge in [-0.25, -0.2) is 4.98 Å². The molecule has 1 aromatic heterocycles. The van der Waals surface area contributed by atoms with E-state index in [-0.39, 0.29) is 18.5 Å². The number of ether oxygens (including phenoxy) is 3. The molecule has 0 aliphatic carbocycles. The van der Waals surface area contributed by atoms with Crippen molar-refractivity contribution in [3.05, 3.63) is 41.6 Å². The monoisotopic (exact) mass is 414 g/mol. The summed E-state index contributed by atoms with van der Waals surface area (Å²) in [5.41, 5.74) is 2.02. The number of hydrogen-bond donors (Lipinski definition) is 3. The van der Waals surface area contributed by atoms with Crippen LogP contribution in [0.25, 0.3) is 0 Å². The average molecular weight is 415 g/mol. The van der Waals surface area contributed by atoms with Crippen molar-refractivity contribution in [2.75, 3.05) is 39.2 Å². The molecule has 0 amide bonds. The van der Waals surface area contributed by atoms with Crippen LogP contribution in [-0.4, -0.2) is 56.2 Å². The third-order valence-electron chi connectivity index (χ3n) is 4.38. The van der Waals surface area contributed by atoms with E-state index in [0.29, 0.717) is 35.8 Å². The maximum atomic E-state index is 10.0. The summed E-state index contributed by atoms with van der Waals surface area (Å²) in [5, 5.41) is 26.0. The van der Waals surface area contributed by atoms with E-state index in [2.05, 4.69) is 21.7 Å². The lowest BCUT2D eigenvalue weighted by molar-refractivity contribution is 0.102. The van der Waals surface area contributed by atoms with Crippen LogP contribution in [0, 0.1) is 11.3 Å². The predicted molar refractivity (Wildman–Crippen MR) is 115 cm³/mol. The lowest BCUT2D eigenvalue weighted by Gasteiger charge is -2.16. The number of nitriles is 1. The smallest absolute Gasteiger partial charge is 0.233 e. The maximum absolute atomic E-state index is 10.0. The summed E-state index contributed by atoms with van der Waals surface area (Å²) < 4.78 is 16.2. The fraction of sp³-hybridized carbons (Fsp3) is 0.455. The van der Waals surface area contributed by atoms with E-state index < -0.39 is 6.10 Å². The highest BCUT2D eigenvalue weighted by Crippen LogP contribution is 2.28. The summed E-state index contributed by atoms with van der Waals surface area (Å²) in [7, 11) is 3.21. The molecule has 0 aliphatic heterocycles. The van der Waals surface area contributed by atoms with Gasteiger partial charge in [-0.2, -0.15) is 5.26 Å². The van der Waals surface area contributed by atoms with Gasteiger partial charge in [0.15, 0.2) is 11.5 Å². The van der Waals surface area contributed by atoms with Crippen molar-refractivity contribution in [2.24, 2.45) is 0 Å². The van der Waals surface area contributed by atoms with Crippen LogP contribution in [0.4, 0.5) is 5.69 Å². The fourth-order valence-electron chi connectivity index (χ4n) is 2.79. The molecule has 1 aromatic carbocycles. The molecule has 2 aromatic rings. The van der Waals surface area contributed by atoms with Crippen LogP contribution in [0.3, 0.4) is 0 Å². The second-order valence-corrected chi connectivity index (χ2v) is 7.04. The SMILES string of the molecule is COc1ccc(CCNc2ccnc(OCC(O)CNC(C)C)c2C#N)cc1OC. The van der Waals surface area contributed by atoms with Gasteiger partial charge in [0.1, 0.15) is 24.3 Å². The number of aromatic nitrogens is 1. The molecule has 3 N–H and O–H groups in total. The fourth-order valence-corrected chi connectivity index (χ4v) is 2.79. The van der Waals surface area contributed by atoms with Crippen molar-refractivity contribution in [1.82, 2.24) is 10.3 Å². The molecular weight excluding hydrogens is 384 g/mol. The van der Waals surface area contributed by atoms with Gasteiger partial charge in [-0.3, -0.25) is 0 Å². The van der Waals surface area contributed by atoms with Crippen molar-refractivity contribution in [3.63, 3.8) is 0 Å². The number of hydrogen-bond acceptors (Lipinski definition) is 8. The van der Waals surface area contributed by atoms with Gasteiger partial charge in [-0.05, 0) is 30.2 Å². The number of rotatable bonds is 12. The topological polar surface area (TPSA) is 109 Å². The molecule has 162 valence electrons. The molecule has 0 radical (unpaired) electrons. The summed E-state index contributed by atoms with van der Waals surface area (Å²) in [6.07, 6.45) is 1.61.